The molecule has 6 nitrogen and oxygen atoms in total. The molecule has 0 bridgehead atoms. The number of halogens is 1. The number of carbonyl (C=O) groups excluding carboxylic acids is 2. The predicted octanol–water partition coefficient (Wildman–Crippen LogP) is 1.62. The number of hydrogen-bond donors (Lipinski definition) is 0. The van der Waals surface area contributed by atoms with Gasteiger partial charge in [-0.2, -0.15) is 0 Å². The largest absolute Gasteiger partial charge is 0.496 e. The fourth-order valence-electron chi connectivity index (χ4n) is 2.62. The van der Waals surface area contributed by atoms with Crippen molar-refractivity contribution >= 4 is 23.4 Å². The van der Waals surface area contributed by atoms with Crippen molar-refractivity contribution in [3.63, 3.8) is 0 Å². The highest BCUT2D eigenvalue weighted by Gasteiger charge is 2.28. The van der Waals surface area contributed by atoms with E-state index in [1.54, 1.807) is 28.0 Å². The van der Waals surface area contributed by atoms with Gasteiger partial charge in [0.2, 0.25) is 5.91 Å². The molecule has 0 radical (unpaired) electrons. The number of methoxy groups -OCH3 is 2. The van der Waals surface area contributed by atoms with E-state index in [0.717, 1.165) is 0 Å². The van der Waals surface area contributed by atoms with Crippen LogP contribution in [0.2, 0.25) is 0 Å². The number of amides is 2. The van der Waals surface area contributed by atoms with Gasteiger partial charge in [0.05, 0.1) is 14.2 Å². The highest BCUT2D eigenvalue weighted by molar-refractivity contribution is 6.18. The Hall–Kier alpha value is -1.95. The van der Waals surface area contributed by atoms with Crippen LogP contribution < -0.4 is 9.47 Å². The summed E-state index contributed by atoms with van der Waals surface area (Å²) < 4.78 is 10.6. The van der Waals surface area contributed by atoms with Crippen LogP contribution in [-0.4, -0.2) is 67.9 Å². The average Bonchev–Trinajstić information content (AvgIpc) is 2.60. The average molecular weight is 341 g/mol. The van der Waals surface area contributed by atoms with Gasteiger partial charge in [0.15, 0.2) is 0 Å². The maximum absolute atomic E-state index is 12.8. The van der Waals surface area contributed by atoms with E-state index >= 15 is 0 Å². The summed E-state index contributed by atoms with van der Waals surface area (Å²) in [6.07, 6.45) is 0.329. The second-order valence-corrected chi connectivity index (χ2v) is 5.53. The Bertz CT molecular complexity index is 549. The molecule has 1 saturated heterocycles. The Labute approximate surface area is 140 Å². The molecular weight excluding hydrogens is 320 g/mol. The summed E-state index contributed by atoms with van der Waals surface area (Å²) in [6, 6.07) is 5.24. The van der Waals surface area contributed by atoms with Crippen LogP contribution in [0, 0.1) is 0 Å². The van der Waals surface area contributed by atoms with Crippen LogP contribution in [0.1, 0.15) is 16.8 Å². The number of alkyl halides is 1. The lowest BCUT2D eigenvalue weighted by Gasteiger charge is -2.35. The third-order valence-corrected chi connectivity index (χ3v) is 4.06. The third-order valence-electron chi connectivity index (χ3n) is 3.87. The molecule has 0 saturated carbocycles. The number of carbonyl (C=O) groups is 2. The molecule has 2 amide bonds. The first-order valence-corrected chi connectivity index (χ1v) is 7.99. The van der Waals surface area contributed by atoms with Gasteiger partial charge in [0, 0.05) is 38.5 Å². The molecule has 0 atom stereocenters. The molecule has 0 unspecified atom stereocenters. The Morgan fingerprint density at radius 1 is 1.04 bits per heavy atom. The molecule has 7 heteroatoms. The van der Waals surface area contributed by atoms with E-state index in [9.17, 15) is 9.59 Å². The molecular formula is C16H21ClN2O4. The molecule has 1 aliphatic heterocycles. The van der Waals surface area contributed by atoms with Gasteiger partial charge in [-0.25, -0.2) is 0 Å². The van der Waals surface area contributed by atoms with Crippen molar-refractivity contribution in [1.29, 1.82) is 0 Å². The molecule has 23 heavy (non-hydrogen) atoms. The van der Waals surface area contributed by atoms with Gasteiger partial charge in [-0.1, -0.05) is 6.07 Å². The molecule has 1 heterocycles. The number of hydrogen-bond acceptors (Lipinski definition) is 4. The monoisotopic (exact) mass is 340 g/mol. The van der Waals surface area contributed by atoms with Crippen molar-refractivity contribution in [3.8, 4) is 11.5 Å². The molecule has 0 N–H and O–H groups in total. The highest BCUT2D eigenvalue weighted by atomic mass is 35.5. The number of rotatable bonds is 5. The van der Waals surface area contributed by atoms with Crippen molar-refractivity contribution in [2.24, 2.45) is 0 Å². The second-order valence-electron chi connectivity index (χ2n) is 5.15. The van der Waals surface area contributed by atoms with Crippen molar-refractivity contribution in [2.45, 2.75) is 6.42 Å². The van der Waals surface area contributed by atoms with E-state index in [2.05, 4.69) is 0 Å². The van der Waals surface area contributed by atoms with E-state index in [-0.39, 0.29) is 11.8 Å². The van der Waals surface area contributed by atoms with Gasteiger partial charge in [0.1, 0.15) is 17.1 Å². The smallest absolute Gasteiger partial charge is 0.261 e. The van der Waals surface area contributed by atoms with Crippen molar-refractivity contribution in [3.05, 3.63) is 23.8 Å². The third kappa shape index (κ3) is 3.88. The first-order valence-electron chi connectivity index (χ1n) is 7.46. The van der Waals surface area contributed by atoms with E-state index in [4.69, 9.17) is 21.1 Å². The van der Waals surface area contributed by atoms with Crippen LogP contribution in [0.3, 0.4) is 0 Å². The van der Waals surface area contributed by atoms with Gasteiger partial charge in [-0.3, -0.25) is 9.59 Å². The zero-order valence-electron chi connectivity index (χ0n) is 13.4. The van der Waals surface area contributed by atoms with E-state index in [1.807, 2.05) is 0 Å². The predicted molar refractivity (Wildman–Crippen MR) is 87.4 cm³/mol. The molecule has 1 aliphatic rings. The zero-order chi connectivity index (χ0) is 16.8. The van der Waals surface area contributed by atoms with Crippen LogP contribution in [0.25, 0.3) is 0 Å². The first-order chi connectivity index (χ1) is 11.1. The van der Waals surface area contributed by atoms with Gasteiger partial charge < -0.3 is 19.3 Å². The lowest BCUT2D eigenvalue weighted by molar-refractivity contribution is -0.132. The second kappa shape index (κ2) is 8.06. The van der Waals surface area contributed by atoms with Gasteiger partial charge in [-0.15, -0.1) is 11.6 Å². The Kier molecular flexibility index (Phi) is 6.10. The topological polar surface area (TPSA) is 59.1 Å². The van der Waals surface area contributed by atoms with E-state index in [1.165, 1.54) is 14.2 Å². The van der Waals surface area contributed by atoms with E-state index in [0.29, 0.717) is 55.5 Å². The normalized spacial score (nSPS) is 14.6. The van der Waals surface area contributed by atoms with Crippen LogP contribution in [0.4, 0.5) is 0 Å². The molecule has 1 aromatic carbocycles. The maximum Gasteiger partial charge on any atom is 0.261 e. The Morgan fingerprint density at radius 3 is 2.04 bits per heavy atom. The highest BCUT2D eigenvalue weighted by Crippen LogP contribution is 2.29. The number of nitrogens with zero attached hydrogens (tertiary/aromatic N) is 2. The summed E-state index contributed by atoms with van der Waals surface area (Å²) in [7, 11) is 3.04. The number of piperazine rings is 1. The summed E-state index contributed by atoms with van der Waals surface area (Å²) in [5.41, 5.74) is 0.415. The van der Waals surface area contributed by atoms with Crippen LogP contribution in [0.5, 0.6) is 11.5 Å². The Balaban J connectivity index is 2.10. The minimum Gasteiger partial charge on any atom is -0.496 e. The summed E-state index contributed by atoms with van der Waals surface area (Å²) in [4.78, 5) is 28.1. The summed E-state index contributed by atoms with van der Waals surface area (Å²) in [5, 5.41) is 0. The molecule has 1 aromatic rings. The summed E-state index contributed by atoms with van der Waals surface area (Å²) in [6.45, 7) is 1.99. The SMILES string of the molecule is COc1cccc(OC)c1C(=O)N1CCN(C(=O)CCCl)CC1. The summed E-state index contributed by atoms with van der Waals surface area (Å²) >= 11 is 5.60. The van der Waals surface area contributed by atoms with Gasteiger partial charge in [-0.05, 0) is 12.1 Å². The minimum atomic E-state index is -0.149. The lowest BCUT2D eigenvalue weighted by Crippen LogP contribution is -2.50. The molecule has 1 fully saturated rings. The lowest BCUT2D eigenvalue weighted by atomic mass is 10.1. The zero-order valence-corrected chi connectivity index (χ0v) is 14.1. The summed E-state index contributed by atoms with van der Waals surface area (Å²) in [5.74, 6) is 1.16. The maximum atomic E-state index is 12.8. The Morgan fingerprint density at radius 2 is 1.57 bits per heavy atom. The fourth-order valence-corrected chi connectivity index (χ4v) is 2.78. The molecule has 126 valence electrons. The van der Waals surface area contributed by atoms with E-state index < -0.39 is 0 Å². The molecule has 0 aromatic heterocycles. The van der Waals surface area contributed by atoms with Crippen LogP contribution >= 0.6 is 11.6 Å². The number of benzene rings is 1. The van der Waals surface area contributed by atoms with Crippen LogP contribution in [0.15, 0.2) is 18.2 Å². The van der Waals surface area contributed by atoms with Crippen molar-refractivity contribution in [1.82, 2.24) is 9.80 Å². The van der Waals surface area contributed by atoms with Crippen molar-refractivity contribution < 1.29 is 19.1 Å². The standard InChI is InChI=1S/C16H21ClN2O4/c1-22-12-4-3-5-13(23-2)15(12)16(21)19-10-8-18(9-11-19)14(20)6-7-17/h3-5H,6-11H2,1-2H3. The molecule has 0 spiro atoms. The minimum absolute atomic E-state index is 0.0296. The number of ether oxygens (including phenoxy) is 2. The van der Waals surface area contributed by atoms with Gasteiger partial charge >= 0.3 is 0 Å². The van der Waals surface area contributed by atoms with Gasteiger partial charge in [0.25, 0.3) is 5.91 Å². The van der Waals surface area contributed by atoms with Crippen LogP contribution in [-0.2, 0) is 4.79 Å². The molecule has 0 aliphatic carbocycles. The quantitative estimate of drug-likeness (QED) is 0.764. The van der Waals surface area contributed by atoms with Crippen molar-refractivity contribution in [2.75, 3.05) is 46.3 Å². The fraction of sp³-hybridized carbons (Fsp3) is 0.500. The molecule has 2 rings (SSSR count). The first kappa shape index (κ1) is 17.4.